The first kappa shape index (κ1) is 22.9. The number of aliphatic hydroxyl groups is 2. The summed E-state index contributed by atoms with van der Waals surface area (Å²) in [5, 5.41) is 49.9. The Hall–Kier alpha value is -1.20. The van der Waals surface area contributed by atoms with Crippen LogP contribution >= 0.6 is 0 Å². The molecule has 19 heavy (non-hydrogen) atoms. The molecule has 0 aliphatic heterocycles. The molecule has 0 amide bonds. The van der Waals surface area contributed by atoms with Crippen molar-refractivity contribution >= 4 is 23.9 Å². The van der Waals surface area contributed by atoms with Crippen LogP contribution in [0.15, 0.2) is 0 Å². The van der Waals surface area contributed by atoms with Crippen LogP contribution in [0.1, 0.15) is 12.8 Å². The number of aliphatic hydroxyl groups excluding tert-OH is 2. The first-order valence-electron chi connectivity index (χ1n) is 4.31. The zero-order chi connectivity index (χ0) is 14.9. The van der Waals surface area contributed by atoms with E-state index in [1.807, 2.05) is 0 Å². The maximum absolute atomic E-state index is 9.72. The standard InChI is InChI=1S/2C4H6O5.Na/c2*5-2(4(8)9)1-3(6)7;/h2*2,5H,1H2,(H,6,7)(H,8,9);/q;;+1/p-1. The zero-order valence-electron chi connectivity index (χ0n) is 9.85. The van der Waals surface area contributed by atoms with Crippen LogP contribution in [0.2, 0.25) is 0 Å². The fourth-order valence-corrected chi connectivity index (χ4v) is 0.498. The third-order valence-corrected chi connectivity index (χ3v) is 1.30. The van der Waals surface area contributed by atoms with Crippen molar-refractivity contribution < 1.29 is 79.4 Å². The van der Waals surface area contributed by atoms with Gasteiger partial charge in [0.05, 0.1) is 6.42 Å². The molecule has 104 valence electrons. The molecule has 0 radical (unpaired) electrons. The molecule has 0 aromatic heterocycles. The quantitative estimate of drug-likeness (QED) is 0.293. The Balaban J connectivity index is -0.000000256. The van der Waals surface area contributed by atoms with Gasteiger partial charge in [-0.25, -0.2) is 9.59 Å². The maximum atomic E-state index is 9.72. The molecule has 0 aromatic carbocycles. The number of hydrogen-bond acceptors (Lipinski definition) is 7. The molecular formula is C8H11NaO10. The zero-order valence-corrected chi connectivity index (χ0v) is 11.8. The number of carbonyl (C=O) groups is 4. The molecule has 0 aliphatic rings. The summed E-state index contributed by atoms with van der Waals surface area (Å²) in [6.45, 7) is 0. The number of rotatable bonds is 6. The molecule has 0 aromatic rings. The second kappa shape index (κ2) is 11.9. The Morgan fingerprint density at radius 3 is 1.26 bits per heavy atom. The molecule has 0 bridgehead atoms. The molecule has 2 unspecified atom stereocenters. The Morgan fingerprint density at radius 2 is 1.16 bits per heavy atom. The van der Waals surface area contributed by atoms with Gasteiger partial charge in [-0.3, -0.25) is 4.79 Å². The van der Waals surface area contributed by atoms with E-state index in [1.54, 1.807) is 0 Å². The topological polar surface area (TPSA) is 192 Å². The van der Waals surface area contributed by atoms with Crippen LogP contribution in [0.3, 0.4) is 0 Å². The van der Waals surface area contributed by atoms with Gasteiger partial charge in [0.25, 0.3) is 0 Å². The number of carboxylic acids is 4. The van der Waals surface area contributed by atoms with Crippen molar-refractivity contribution in [1.82, 2.24) is 0 Å². The average Bonchev–Trinajstić information content (AvgIpc) is 2.16. The van der Waals surface area contributed by atoms with E-state index in [2.05, 4.69) is 0 Å². The van der Waals surface area contributed by atoms with E-state index in [9.17, 15) is 24.3 Å². The molecule has 0 spiro atoms. The molecule has 0 aliphatic carbocycles. The third kappa shape index (κ3) is 16.8. The monoisotopic (exact) mass is 290 g/mol. The van der Waals surface area contributed by atoms with E-state index in [-0.39, 0.29) is 29.6 Å². The van der Waals surface area contributed by atoms with Crippen molar-refractivity contribution in [3.63, 3.8) is 0 Å². The molecular weight excluding hydrogens is 279 g/mol. The Labute approximate surface area is 128 Å². The van der Waals surface area contributed by atoms with Crippen LogP contribution < -0.4 is 34.7 Å². The molecule has 2 atom stereocenters. The van der Waals surface area contributed by atoms with E-state index in [1.165, 1.54) is 0 Å². The predicted octanol–water partition coefficient (Wildman–Crippen LogP) is -6.52. The van der Waals surface area contributed by atoms with Gasteiger partial charge in [0.2, 0.25) is 0 Å². The van der Waals surface area contributed by atoms with Crippen molar-refractivity contribution in [3.05, 3.63) is 0 Å². The molecule has 0 fully saturated rings. The Kier molecular flexibility index (Phi) is 14.3. The van der Waals surface area contributed by atoms with E-state index in [4.69, 9.17) is 25.5 Å². The van der Waals surface area contributed by atoms with Crippen molar-refractivity contribution in [3.8, 4) is 0 Å². The van der Waals surface area contributed by atoms with E-state index in [0.717, 1.165) is 0 Å². The first-order valence-corrected chi connectivity index (χ1v) is 4.31. The molecule has 0 heterocycles. The maximum Gasteiger partial charge on any atom is 1.00 e. The van der Waals surface area contributed by atoms with Gasteiger partial charge in [0.15, 0.2) is 12.2 Å². The predicted molar refractivity (Wildman–Crippen MR) is 49.2 cm³/mol. The second-order valence-electron chi connectivity index (χ2n) is 2.88. The summed E-state index contributed by atoms with van der Waals surface area (Å²) >= 11 is 0. The number of hydrogen-bond donors (Lipinski definition) is 5. The van der Waals surface area contributed by atoms with Gasteiger partial charge in [0.1, 0.15) is 0 Å². The summed E-state index contributed by atoms with van der Waals surface area (Å²) in [4.78, 5) is 38.7. The van der Waals surface area contributed by atoms with Crippen molar-refractivity contribution in [1.29, 1.82) is 0 Å². The average molecular weight is 290 g/mol. The summed E-state index contributed by atoms with van der Waals surface area (Å²) in [7, 11) is 0. The minimum Gasteiger partial charge on any atom is -0.550 e. The Morgan fingerprint density at radius 1 is 0.842 bits per heavy atom. The van der Waals surface area contributed by atoms with Crippen molar-refractivity contribution in [2.75, 3.05) is 0 Å². The summed E-state index contributed by atoms with van der Waals surface area (Å²) in [6.07, 6.45) is -5.26. The van der Waals surface area contributed by atoms with Crippen LogP contribution in [0, 0.1) is 0 Å². The molecule has 5 N–H and O–H groups in total. The smallest absolute Gasteiger partial charge is 0.550 e. The third-order valence-electron chi connectivity index (χ3n) is 1.30. The van der Waals surface area contributed by atoms with E-state index >= 15 is 0 Å². The fraction of sp³-hybridized carbons (Fsp3) is 0.500. The SMILES string of the molecule is O=C(O)CC(O)C(=O)O.O=C([O-])CC(O)C(=O)O.[Na+]. The summed E-state index contributed by atoms with van der Waals surface area (Å²) in [5.74, 6) is -5.98. The van der Waals surface area contributed by atoms with Crippen molar-refractivity contribution in [2.24, 2.45) is 0 Å². The molecule has 0 saturated carbocycles. The minimum absolute atomic E-state index is 0. The fourth-order valence-electron chi connectivity index (χ4n) is 0.498. The van der Waals surface area contributed by atoms with E-state index < -0.39 is 48.9 Å². The second-order valence-corrected chi connectivity index (χ2v) is 2.88. The largest absolute Gasteiger partial charge is 1.00 e. The number of aliphatic carboxylic acids is 4. The summed E-state index contributed by atoms with van der Waals surface area (Å²) in [6, 6.07) is 0. The number of carbonyl (C=O) groups excluding carboxylic acids is 1. The van der Waals surface area contributed by atoms with E-state index in [0.29, 0.717) is 0 Å². The van der Waals surface area contributed by atoms with Crippen LogP contribution in [0.4, 0.5) is 0 Å². The van der Waals surface area contributed by atoms with Crippen LogP contribution in [-0.2, 0) is 19.2 Å². The van der Waals surface area contributed by atoms with Gasteiger partial charge in [-0.1, -0.05) is 0 Å². The van der Waals surface area contributed by atoms with Gasteiger partial charge in [-0.2, -0.15) is 0 Å². The molecule has 10 nitrogen and oxygen atoms in total. The molecule has 11 heteroatoms. The van der Waals surface area contributed by atoms with Gasteiger partial charge in [-0.05, 0) is 0 Å². The van der Waals surface area contributed by atoms with Gasteiger partial charge < -0.3 is 35.4 Å². The van der Waals surface area contributed by atoms with Gasteiger partial charge in [0, 0.05) is 12.4 Å². The Bertz CT molecular complexity index is 295. The molecule has 0 rings (SSSR count). The molecule has 0 saturated heterocycles. The summed E-state index contributed by atoms with van der Waals surface area (Å²) in [5.41, 5.74) is 0. The minimum atomic E-state index is -1.85. The van der Waals surface area contributed by atoms with Crippen LogP contribution in [-0.4, -0.2) is 61.6 Å². The van der Waals surface area contributed by atoms with Crippen molar-refractivity contribution in [2.45, 2.75) is 25.0 Å². The number of carboxylic acid groups (broad SMARTS) is 4. The first-order chi connectivity index (χ1) is 8.07. The summed E-state index contributed by atoms with van der Waals surface area (Å²) < 4.78 is 0. The van der Waals surface area contributed by atoms with Gasteiger partial charge in [-0.15, -0.1) is 0 Å². The van der Waals surface area contributed by atoms with Gasteiger partial charge >= 0.3 is 47.5 Å². The van der Waals surface area contributed by atoms with Crippen LogP contribution in [0.25, 0.3) is 0 Å². The normalized spacial score (nSPS) is 11.9. The van der Waals surface area contributed by atoms with Crippen LogP contribution in [0.5, 0.6) is 0 Å².